The Labute approximate surface area is 160 Å². The molecule has 1 aliphatic heterocycles. The SMILES string of the molecule is CCOc1ccc(/C=C2/SC(=S)N(c3ccc(F)cc3)C2=O)cc1OC. The molecule has 2 aromatic carbocycles. The third-order valence-electron chi connectivity index (χ3n) is 3.66. The maximum absolute atomic E-state index is 13.1. The molecular formula is C19H16FNO3S2. The van der Waals surface area contributed by atoms with Gasteiger partial charge in [0, 0.05) is 0 Å². The summed E-state index contributed by atoms with van der Waals surface area (Å²) in [6, 6.07) is 11.1. The third-order valence-corrected chi connectivity index (χ3v) is 4.97. The number of methoxy groups -OCH3 is 1. The van der Waals surface area contributed by atoms with Crippen molar-refractivity contribution >= 4 is 46.0 Å². The van der Waals surface area contributed by atoms with Crippen LogP contribution in [0.3, 0.4) is 0 Å². The summed E-state index contributed by atoms with van der Waals surface area (Å²) < 4.78 is 24.4. The van der Waals surface area contributed by atoms with Crippen LogP contribution >= 0.6 is 24.0 Å². The van der Waals surface area contributed by atoms with Crippen molar-refractivity contribution in [1.82, 2.24) is 0 Å². The molecule has 26 heavy (non-hydrogen) atoms. The predicted octanol–water partition coefficient (Wildman–Crippen LogP) is 4.64. The van der Waals surface area contributed by atoms with Gasteiger partial charge >= 0.3 is 0 Å². The molecule has 134 valence electrons. The number of benzene rings is 2. The Kier molecular flexibility index (Phi) is 5.58. The summed E-state index contributed by atoms with van der Waals surface area (Å²) in [6.07, 6.45) is 1.75. The van der Waals surface area contributed by atoms with Crippen molar-refractivity contribution in [2.75, 3.05) is 18.6 Å². The molecule has 1 aliphatic rings. The predicted molar refractivity (Wildman–Crippen MR) is 106 cm³/mol. The quantitative estimate of drug-likeness (QED) is 0.550. The molecule has 3 rings (SSSR count). The van der Waals surface area contributed by atoms with E-state index in [1.54, 1.807) is 25.3 Å². The first-order valence-electron chi connectivity index (χ1n) is 7.88. The highest BCUT2D eigenvalue weighted by Gasteiger charge is 2.33. The largest absolute Gasteiger partial charge is 0.493 e. The van der Waals surface area contributed by atoms with Gasteiger partial charge in [-0.3, -0.25) is 9.69 Å². The second kappa shape index (κ2) is 7.88. The van der Waals surface area contributed by atoms with E-state index in [2.05, 4.69) is 0 Å². The fraction of sp³-hybridized carbons (Fsp3) is 0.158. The Morgan fingerprint density at radius 2 is 1.92 bits per heavy atom. The van der Waals surface area contributed by atoms with Crippen LogP contribution in [0.15, 0.2) is 47.4 Å². The number of hydrogen-bond acceptors (Lipinski definition) is 5. The van der Waals surface area contributed by atoms with Crippen LogP contribution in [0.1, 0.15) is 12.5 Å². The van der Waals surface area contributed by atoms with Crippen molar-refractivity contribution in [3.8, 4) is 11.5 Å². The molecule has 1 amide bonds. The molecule has 0 aliphatic carbocycles. The monoisotopic (exact) mass is 389 g/mol. The molecule has 1 fully saturated rings. The minimum absolute atomic E-state index is 0.237. The molecule has 1 heterocycles. The summed E-state index contributed by atoms with van der Waals surface area (Å²) in [5.41, 5.74) is 1.34. The maximum Gasteiger partial charge on any atom is 0.270 e. The molecule has 2 aromatic rings. The van der Waals surface area contributed by atoms with Gasteiger partial charge in [-0.2, -0.15) is 0 Å². The van der Waals surface area contributed by atoms with E-state index in [4.69, 9.17) is 21.7 Å². The van der Waals surface area contributed by atoms with Crippen molar-refractivity contribution in [1.29, 1.82) is 0 Å². The molecule has 0 N–H and O–H groups in total. The second-order valence-corrected chi connectivity index (χ2v) is 7.01. The number of hydrogen-bond donors (Lipinski definition) is 0. The molecule has 0 unspecified atom stereocenters. The van der Waals surface area contributed by atoms with E-state index in [0.29, 0.717) is 33.0 Å². The number of anilines is 1. The highest BCUT2D eigenvalue weighted by Crippen LogP contribution is 2.37. The lowest BCUT2D eigenvalue weighted by Gasteiger charge is -2.14. The number of thiocarbonyl (C=S) groups is 1. The van der Waals surface area contributed by atoms with E-state index in [1.165, 1.54) is 40.9 Å². The molecule has 1 saturated heterocycles. The molecular weight excluding hydrogens is 373 g/mol. The van der Waals surface area contributed by atoms with Crippen molar-refractivity contribution in [3.63, 3.8) is 0 Å². The van der Waals surface area contributed by atoms with Crippen LogP contribution in [0.25, 0.3) is 6.08 Å². The molecule has 0 saturated carbocycles. The number of nitrogens with zero attached hydrogens (tertiary/aromatic N) is 1. The Bertz CT molecular complexity index is 881. The molecule has 4 nitrogen and oxygen atoms in total. The molecule has 0 atom stereocenters. The van der Waals surface area contributed by atoms with Gasteiger partial charge in [0.1, 0.15) is 5.82 Å². The van der Waals surface area contributed by atoms with Crippen LogP contribution in [0.5, 0.6) is 11.5 Å². The van der Waals surface area contributed by atoms with Crippen molar-refractivity contribution < 1.29 is 18.7 Å². The minimum Gasteiger partial charge on any atom is -0.493 e. The fourth-order valence-electron chi connectivity index (χ4n) is 2.48. The van der Waals surface area contributed by atoms with Crippen molar-refractivity contribution in [3.05, 3.63) is 58.8 Å². The summed E-state index contributed by atoms with van der Waals surface area (Å²) in [5.74, 6) is 0.635. The highest BCUT2D eigenvalue weighted by molar-refractivity contribution is 8.27. The average Bonchev–Trinajstić information content (AvgIpc) is 2.91. The number of carbonyl (C=O) groups is 1. The Morgan fingerprint density at radius 1 is 1.19 bits per heavy atom. The van der Waals surface area contributed by atoms with Crippen molar-refractivity contribution in [2.24, 2.45) is 0 Å². The Hall–Kier alpha value is -2.38. The maximum atomic E-state index is 13.1. The summed E-state index contributed by atoms with van der Waals surface area (Å²) in [5, 5.41) is 0. The molecule has 7 heteroatoms. The normalized spacial score (nSPS) is 15.7. The van der Waals surface area contributed by atoms with Gasteiger partial charge in [0.15, 0.2) is 15.8 Å². The first kappa shape index (κ1) is 18.4. The van der Waals surface area contributed by atoms with Crippen LogP contribution < -0.4 is 14.4 Å². The van der Waals surface area contributed by atoms with E-state index < -0.39 is 0 Å². The van der Waals surface area contributed by atoms with Gasteiger partial charge in [0.25, 0.3) is 5.91 Å². The molecule has 0 radical (unpaired) electrons. The van der Waals surface area contributed by atoms with Crippen LogP contribution in [-0.4, -0.2) is 23.9 Å². The lowest BCUT2D eigenvalue weighted by atomic mass is 10.2. The summed E-state index contributed by atoms with van der Waals surface area (Å²) >= 11 is 6.53. The van der Waals surface area contributed by atoms with E-state index in [-0.39, 0.29) is 11.7 Å². The smallest absolute Gasteiger partial charge is 0.270 e. The number of thioether (sulfide) groups is 1. The van der Waals surface area contributed by atoms with Gasteiger partial charge in [0.05, 0.1) is 24.3 Å². The molecule has 0 aromatic heterocycles. The number of ether oxygens (including phenoxy) is 2. The first-order chi connectivity index (χ1) is 12.5. The second-order valence-electron chi connectivity index (χ2n) is 5.34. The molecule has 0 bridgehead atoms. The minimum atomic E-state index is -0.365. The number of halogens is 1. The number of rotatable bonds is 5. The van der Waals surface area contributed by atoms with E-state index in [9.17, 15) is 9.18 Å². The van der Waals surface area contributed by atoms with Gasteiger partial charge in [-0.1, -0.05) is 30.0 Å². The zero-order valence-electron chi connectivity index (χ0n) is 14.2. The van der Waals surface area contributed by atoms with Crippen LogP contribution in [0, 0.1) is 5.82 Å². The van der Waals surface area contributed by atoms with Gasteiger partial charge in [-0.15, -0.1) is 0 Å². The summed E-state index contributed by atoms with van der Waals surface area (Å²) in [7, 11) is 1.57. The fourth-order valence-corrected chi connectivity index (χ4v) is 3.78. The standard InChI is InChI=1S/C19H16FNO3S2/c1-3-24-15-9-4-12(10-16(15)23-2)11-17-18(22)21(19(25)26-17)14-7-5-13(20)6-8-14/h4-11H,3H2,1-2H3/b17-11+. The average molecular weight is 389 g/mol. The zero-order chi connectivity index (χ0) is 18.7. The van der Waals surface area contributed by atoms with E-state index >= 15 is 0 Å². The Balaban J connectivity index is 1.89. The van der Waals surface area contributed by atoms with Crippen LogP contribution in [-0.2, 0) is 4.79 Å². The first-order valence-corrected chi connectivity index (χ1v) is 9.10. The molecule has 0 spiro atoms. The topological polar surface area (TPSA) is 38.8 Å². The lowest BCUT2D eigenvalue weighted by molar-refractivity contribution is -0.113. The van der Waals surface area contributed by atoms with E-state index in [1.807, 2.05) is 13.0 Å². The zero-order valence-corrected chi connectivity index (χ0v) is 15.8. The third kappa shape index (κ3) is 3.73. The van der Waals surface area contributed by atoms with Gasteiger partial charge in [-0.25, -0.2) is 4.39 Å². The lowest BCUT2D eigenvalue weighted by Crippen LogP contribution is -2.27. The Morgan fingerprint density at radius 3 is 2.58 bits per heavy atom. The summed E-state index contributed by atoms with van der Waals surface area (Å²) in [4.78, 5) is 14.6. The van der Waals surface area contributed by atoms with Gasteiger partial charge in [-0.05, 0) is 55.0 Å². The van der Waals surface area contributed by atoms with Crippen molar-refractivity contribution in [2.45, 2.75) is 6.92 Å². The summed E-state index contributed by atoms with van der Waals surface area (Å²) in [6.45, 7) is 2.43. The highest BCUT2D eigenvalue weighted by atomic mass is 32.2. The van der Waals surface area contributed by atoms with Crippen LogP contribution in [0.2, 0.25) is 0 Å². The number of amides is 1. The van der Waals surface area contributed by atoms with Gasteiger partial charge < -0.3 is 9.47 Å². The number of carbonyl (C=O) groups excluding carboxylic acids is 1. The van der Waals surface area contributed by atoms with Gasteiger partial charge in [0.2, 0.25) is 0 Å². The van der Waals surface area contributed by atoms with Crippen LogP contribution in [0.4, 0.5) is 10.1 Å². The van der Waals surface area contributed by atoms with E-state index in [0.717, 1.165) is 5.56 Å².